The van der Waals surface area contributed by atoms with Crippen LogP contribution in [0, 0.1) is 6.92 Å². The van der Waals surface area contributed by atoms with E-state index < -0.39 is 0 Å². The third kappa shape index (κ3) is 4.20. The number of anilines is 1. The molecule has 2 heterocycles. The summed E-state index contributed by atoms with van der Waals surface area (Å²) in [6.45, 7) is 2.50. The van der Waals surface area contributed by atoms with Crippen LogP contribution in [0.15, 0.2) is 29.3 Å². The van der Waals surface area contributed by atoms with Crippen molar-refractivity contribution in [1.82, 2.24) is 20.1 Å². The second-order valence-corrected chi connectivity index (χ2v) is 4.90. The molecule has 0 aliphatic rings. The molecule has 2 aromatic heterocycles. The van der Waals surface area contributed by atoms with Gasteiger partial charge in [-0.3, -0.25) is 14.7 Å². The molecule has 0 saturated carbocycles. The highest BCUT2D eigenvalue weighted by molar-refractivity contribution is 5.75. The first-order chi connectivity index (χ1) is 10.1. The zero-order valence-corrected chi connectivity index (χ0v) is 11.9. The molecule has 0 spiro atoms. The molecular weight excluding hydrogens is 270 g/mol. The van der Waals surface area contributed by atoms with E-state index in [-0.39, 0.29) is 18.0 Å². The first kappa shape index (κ1) is 14.8. The van der Waals surface area contributed by atoms with Gasteiger partial charge in [0.2, 0.25) is 5.91 Å². The zero-order chi connectivity index (χ0) is 15.2. The Morgan fingerprint density at radius 1 is 1.48 bits per heavy atom. The van der Waals surface area contributed by atoms with E-state index in [1.54, 1.807) is 6.20 Å². The van der Waals surface area contributed by atoms with Crippen LogP contribution in [0.25, 0.3) is 0 Å². The zero-order valence-electron chi connectivity index (χ0n) is 11.9. The Bertz CT molecular complexity index is 674. The number of nitrogen functional groups attached to an aromatic ring is 1. The summed E-state index contributed by atoms with van der Waals surface area (Å²) in [5.74, 6) is -0.202. The van der Waals surface area contributed by atoms with Crippen molar-refractivity contribution >= 4 is 11.6 Å². The number of aromatic nitrogens is 3. The number of aromatic amines is 1. The Labute approximate surface area is 122 Å². The predicted octanol–water partition coefficient (Wildman–Crippen LogP) is 0.211. The highest BCUT2D eigenvalue weighted by Crippen LogP contribution is 2.04. The summed E-state index contributed by atoms with van der Waals surface area (Å²) in [5.41, 5.74) is 8.01. The van der Waals surface area contributed by atoms with Crippen molar-refractivity contribution in [3.05, 3.63) is 46.1 Å². The van der Waals surface area contributed by atoms with Crippen molar-refractivity contribution in [2.75, 3.05) is 12.3 Å². The van der Waals surface area contributed by atoms with Crippen LogP contribution in [-0.4, -0.2) is 27.2 Å². The summed E-state index contributed by atoms with van der Waals surface area (Å²) in [7, 11) is 0. The number of aryl methyl sites for hydroxylation is 2. The van der Waals surface area contributed by atoms with Gasteiger partial charge in [0.05, 0.1) is 6.20 Å². The summed E-state index contributed by atoms with van der Waals surface area (Å²) in [4.78, 5) is 23.3. The maximum Gasteiger partial charge on any atom is 0.251 e. The molecule has 0 fully saturated rings. The van der Waals surface area contributed by atoms with Crippen LogP contribution in [0.4, 0.5) is 5.69 Å². The van der Waals surface area contributed by atoms with E-state index >= 15 is 0 Å². The predicted molar refractivity (Wildman–Crippen MR) is 79.8 cm³/mol. The first-order valence-corrected chi connectivity index (χ1v) is 6.78. The van der Waals surface area contributed by atoms with Crippen LogP contribution in [0.1, 0.15) is 17.7 Å². The maximum absolute atomic E-state index is 11.8. The topological polar surface area (TPSA) is 106 Å². The molecule has 4 N–H and O–H groups in total. The fourth-order valence-electron chi connectivity index (χ4n) is 2.02. The van der Waals surface area contributed by atoms with Gasteiger partial charge in [-0.2, -0.15) is 5.10 Å². The number of rotatable bonds is 6. The van der Waals surface area contributed by atoms with Crippen molar-refractivity contribution in [2.45, 2.75) is 26.3 Å². The fourth-order valence-corrected chi connectivity index (χ4v) is 2.02. The molecule has 0 aromatic carbocycles. The van der Waals surface area contributed by atoms with E-state index in [0.717, 1.165) is 24.1 Å². The van der Waals surface area contributed by atoms with Crippen LogP contribution in [0.5, 0.6) is 0 Å². The third-order valence-corrected chi connectivity index (χ3v) is 3.20. The summed E-state index contributed by atoms with van der Waals surface area (Å²) < 4.78 is 1.30. The molecular formula is C14H19N5O2. The first-order valence-electron chi connectivity index (χ1n) is 6.78. The lowest BCUT2D eigenvalue weighted by Gasteiger charge is -2.07. The number of hydrogen-bond acceptors (Lipinski definition) is 4. The molecule has 7 heteroatoms. The highest BCUT2D eigenvalue weighted by Gasteiger charge is 2.05. The van der Waals surface area contributed by atoms with Crippen LogP contribution in [0.2, 0.25) is 0 Å². The van der Waals surface area contributed by atoms with Crippen molar-refractivity contribution in [1.29, 1.82) is 0 Å². The lowest BCUT2D eigenvalue weighted by Crippen LogP contribution is -2.32. The highest BCUT2D eigenvalue weighted by atomic mass is 16.2. The van der Waals surface area contributed by atoms with Gasteiger partial charge in [-0.25, -0.2) is 0 Å². The minimum absolute atomic E-state index is 0.0192. The summed E-state index contributed by atoms with van der Waals surface area (Å²) >= 11 is 0. The number of amides is 1. The fraction of sp³-hybridized carbons (Fsp3) is 0.357. The number of H-pyrrole nitrogens is 1. The molecule has 0 aliphatic heterocycles. The van der Waals surface area contributed by atoms with E-state index in [0.29, 0.717) is 12.2 Å². The largest absolute Gasteiger partial charge is 0.398 e. The SMILES string of the molecule is Cc1[nH]ncc1CCCNC(=O)Cn1cc(N)ccc1=O. The lowest BCUT2D eigenvalue weighted by atomic mass is 10.1. The molecule has 1 amide bonds. The number of nitrogens with one attached hydrogen (secondary N) is 2. The minimum atomic E-state index is -0.242. The van der Waals surface area contributed by atoms with Gasteiger partial charge in [0.15, 0.2) is 0 Å². The standard InChI is InChI=1S/C14H19N5O2/c1-10-11(7-17-18-10)3-2-6-16-13(20)9-19-8-12(15)4-5-14(19)21/h4-5,7-8H,2-3,6,9,15H2,1H3,(H,16,20)(H,17,18). The van der Waals surface area contributed by atoms with Gasteiger partial charge in [0.25, 0.3) is 5.56 Å². The van der Waals surface area contributed by atoms with E-state index in [9.17, 15) is 9.59 Å². The second-order valence-electron chi connectivity index (χ2n) is 4.90. The van der Waals surface area contributed by atoms with Crippen molar-refractivity contribution in [3.8, 4) is 0 Å². The number of pyridine rings is 1. The molecule has 0 radical (unpaired) electrons. The Morgan fingerprint density at radius 3 is 3.00 bits per heavy atom. The molecule has 2 aromatic rings. The number of carbonyl (C=O) groups excluding carboxylic acids is 1. The van der Waals surface area contributed by atoms with Gasteiger partial charge in [-0.15, -0.1) is 0 Å². The number of nitrogens with zero attached hydrogens (tertiary/aromatic N) is 2. The molecule has 21 heavy (non-hydrogen) atoms. The van der Waals surface area contributed by atoms with E-state index in [2.05, 4.69) is 15.5 Å². The molecule has 112 valence electrons. The Hall–Kier alpha value is -2.57. The van der Waals surface area contributed by atoms with Gasteiger partial charge < -0.3 is 15.6 Å². The van der Waals surface area contributed by atoms with Crippen LogP contribution < -0.4 is 16.6 Å². The van der Waals surface area contributed by atoms with Crippen LogP contribution >= 0.6 is 0 Å². The molecule has 0 bridgehead atoms. The summed E-state index contributed by atoms with van der Waals surface area (Å²) in [6, 6.07) is 2.87. The van der Waals surface area contributed by atoms with Crippen LogP contribution in [-0.2, 0) is 17.8 Å². The summed E-state index contributed by atoms with van der Waals surface area (Å²) in [5, 5.41) is 9.61. The Kier molecular flexibility index (Phi) is 4.76. The van der Waals surface area contributed by atoms with Gasteiger partial charge in [0.1, 0.15) is 6.54 Å². The number of carbonyl (C=O) groups is 1. The Balaban J connectivity index is 1.76. The molecule has 0 aliphatic carbocycles. The molecule has 2 rings (SSSR count). The quantitative estimate of drug-likeness (QED) is 0.661. The second kappa shape index (κ2) is 6.74. The smallest absolute Gasteiger partial charge is 0.251 e. The third-order valence-electron chi connectivity index (χ3n) is 3.20. The minimum Gasteiger partial charge on any atom is -0.398 e. The van der Waals surface area contributed by atoms with Crippen LogP contribution in [0.3, 0.4) is 0 Å². The monoisotopic (exact) mass is 289 g/mol. The normalized spacial score (nSPS) is 10.5. The molecule has 0 unspecified atom stereocenters. The molecule has 7 nitrogen and oxygen atoms in total. The average molecular weight is 289 g/mol. The van der Waals surface area contributed by atoms with Gasteiger partial charge in [-0.1, -0.05) is 0 Å². The number of nitrogens with two attached hydrogens (primary N) is 1. The average Bonchev–Trinajstić information content (AvgIpc) is 2.84. The van der Waals surface area contributed by atoms with E-state index in [1.807, 2.05) is 6.92 Å². The van der Waals surface area contributed by atoms with Gasteiger partial charge in [0, 0.05) is 30.2 Å². The number of hydrogen-bond donors (Lipinski definition) is 3. The molecule has 0 atom stereocenters. The maximum atomic E-state index is 11.8. The van der Waals surface area contributed by atoms with E-state index in [4.69, 9.17) is 5.73 Å². The van der Waals surface area contributed by atoms with Crippen molar-refractivity contribution < 1.29 is 4.79 Å². The summed E-state index contributed by atoms with van der Waals surface area (Å²) in [6.07, 6.45) is 4.93. The van der Waals surface area contributed by atoms with E-state index in [1.165, 1.54) is 22.9 Å². The van der Waals surface area contributed by atoms with Crippen molar-refractivity contribution in [3.63, 3.8) is 0 Å². The van der Waals surface area contributed by atoms with Gasteiger partial charge >= 0.3 is 0 Å². The lowest BCUT2D eigenvalue weighted by molar-refractivity contribution is -0.121. The van der Waals surface area contributed by atoms with Crippen molar-refractivity contribution in [2.24, 2.45) is 0 Å². The van der Waals surface area contributed by atoms with Gasteiger partial charge in [-0.05, 0) is 31.4 Å². The Morgan fingerprint density at radius 2 is 2.29 bits per heavy atom. The molecule has 0 saturated heterocycles.